The number of hydrogen-bond acceptors (Lipinski definition) is 6. The number of benzene rings is 2. The Morgan fingerprint density at radius 2 is 1.77 bits per heavy atom. The van der Waals surface area contributed by atoms with Gasteiger partial charge in [-0.15, -0.1) is 0 Å². The van der Waals surface area contributed by atoms with Gasteiger partial charge < -0.3 is 14.2 Å². The van der Waals surface area contributed by atoms with Crippen LogP contribution in [0.15, 0.2) is 51.8 Å². The topological polar surface area (TPSA) is 48.0 Å². The number of nitrogens with zero attached hydrogens (tertiary/aromatic N) is 1. The zero-order chi connectivity index (χ0) is 21.5. The molecule has 1 aliphatic heterocycles. The number of thioether (sulfide) groups is 1. The summed E-state index contributed by atoms with van der Waals surface area (Å²) in [5.74, 6) is 1.45. The first kappa shape index (κ1) is 22.8. The van der Waals surface area contributed by atoms with E-state index in [2.05, 4.69) is 15.9 Å². The maximum Gasteiger partial charge on any atom is 0.265 e. The molecule has 0 radical (unpaired) electrons. The number of carbonyl (C=O) groups excluding carboxylic acids is 1. The van der Waals surface area contributed by atoms with Crippen LogP contribution in [0, 0.1) is 6.92 Å². The minimum Gasteiger partial charge on any atom is -0.491 e. The van der Waals surface area contributed by atoms with Gasteiger partial charge in [-0.25, -0.2) is 0 Å². The Labute approximate surface area is 194 Å². The Morgan fingerprint density at radius 1 is 1.07 bits per heavy atom. The average Bonchev–Trinajstić information content (AvgIpc) is 2.96. The van der Waals surface area contributed by atoms with E-state index < -0.39 is 0 Å². The predicted octanol–water partition coefficient (Wildman–Crippen LogP) is 5.06. The molecular weight excluding hydrogens is 486 g/mol. The second-order valence-electron chi connectivity index (χ2n) is 6.50. The van der Waals surface area contributed by atoms with Gasteiger partial charge in [0, 0.05) is 17.1 Å². The third-order valence-corrected chi connectivity index (χ3v) is 6.29. The van der Waals surface area contributed by atoms with Crippen molar-refractivity contribution in [2.45, 2.75) is 6.92 Å². The SMILES string of the molecule is Cc1ccccc1OCCOCCOc1ccc(Br)cc1/C=C1/SC(=S)N(C)C1=O. The molecule has 1 aliphatic rings. The lowest BCUT2D eigenvalue weighted by Gasteiger charge is -2.12. The maximum absolute atomic E-state index is 12.3. The van der Waals surface area contributed by atoms with Gasteiger partial charge in [0.1, 0.15) is 29.0 Å². The molecule has 5 nitrogen and oxygen atoms in total. The van der Waals surface area contributed by atoms with Crippen LogP contribution < -0.4 is 9.47 Å². The third-order valence-electron chi connectivity index (χ3n) is 4.31. The molecule has 30 heavy (non-hydrogen) atoms. The highest BCUT2D eigenvalue weighted by atomic mass is 79.9. The fourth-order valence-electron chi connectivity index (χ4n) is 2.69. The van der Waals surface area contributed by atoms with Crippen LogP contribution in [-0.2, 0) is 9.53 Å². The van der Waals surface area contributed by atoms with Gasteiger partial charge in [-0.05, 0) is 42.8 Å². The highest BCUT2D eigenvalue weighted by Gasteiger charge is 2.28. The van der Waals surface area contributed by atoms with Crippen molar-refractivity contribution < 1.29 is 19.0 Å². The van der Waals surface area contributed by atoms with Crippen molar-refractivity contribution in [2.24, 2.45) is 0 Å². The standard InChI is InChI=1S/C22H22BrNO4S2/c1-15-5-3-4-6-18(15)27-11-9-26-10-12-28-19-8-7-17(23)13-16(19)14-20-21(25)24(2)22(29)30-20/h3-8,13-14H,9-12H2,1-2H3/b20-14+. The van der Waals surface area contributed by atoms with Gasteiger partial charge in [-0.3, -0.25) is 9.69 Å². The number of ether oxygens (including phenoxy) is 3. The first-order valence-corrected chi connectivity index (χ1v) is 11.4. The third kappa shape index (κ3) is 6.07. The van der Waals surface area contributed by atoms with Gasteiger partial charge in [-0.2, -0.15) is 0 Å². The molecule has 0 N–H and O–H groups in total. The van der Waals surface area contributed by atoms with Crippen molar-refractivity contribution in [1.82, 2.24) is 4.90 Å². The Kier molecular flexibility index (Phi) is 8.32. The summed E-state index contributed by atoms with van der Waals surface area (Å²) >= 11 is 9.94. The quantitative estimate of drug-likeness (QED) is 0.268. The molecule has 0 bridgehead atoms. The number of rotatable bonds is 9. The molecule has 0 aliphatic carbocycles. The van der Waals surface area contributed by atoms with Crippen LogP contribution in [0.1, 0.15) is 11.1 Å². The zero-order valence-electron chi connectivity index (χ0n) is 16.7. The number of hydrogen-bond donors (Lipinski definition) is 0. The van der Waals surface area contributed by atoms with Crippen LogP contribution in [-0.4, -0.2) is 48.6 Å². The minimum atomic E-state index is -0.104. The molecule has 0 unspecified atom stereocenters. The number of likely N-dealkylation sites (N-methyl/N-ethyl adjacent to an activating group) is 1. The molecule has 0 saturated carbocycles. The monoisotopic (exact) mass is 507 g/mol. The van der Waals surface area contributed by atoms with Gasteiger partial charge in [0.15, 0.2) is 0 Å². The fourth-order valence-corrected chi connectivity index (χ4v) is 4.24. The molecular formula is C22H22BrNO4S2. The van der Waals surface area contributed by atoms with Crippen molar-refractivity contribution >= 4 is 56.2 Å². The second kappa shape index (κ2) is 10.9. The van der Waals surface area contributed by atoms with Crippen molar-refractivity contribution in [3.05, 3.63) is 63.0 Å². The normalized spacial score (nSPS) is 15.2. The van der Waals surface area contributed by atoms with Crippen LogP contribution in [0.3, 0.4) is 0 Å². The Bertz CT molecular complexity index is 964. The van der Waals surface area contributed by atoms with E-state index >= 15 is 0 Å². The second-order valence-corrected chi connectivity index (χ2v) is 9.09. The van der Waals surface area contributed by atoms with E-state index in [9.17, 15) is 4.79 Å². The predicted molar refractivity (Wildman–Crippen MR) is 128 cm³/mol. The maximum atomic E-state index is 12.3. The Balaban J connectivity index is 1.48. The number of thiocarbonyl (C=S) groups is 1. The van der Waals surface area contributed by atoms with E-state index in [1.165, 1.54) is 16.7 Å². The number of aryl methyl sites for hydroxylation is 1. The van der Waals surface area contributed by atoms with Crippen molar-refractivity contribution in [3.63, 3.8) is 0 Å². The van der Waals surface area contributed by atoms with Crippen LogP contribution in [0.25, 0.3) is 6.08 Å². The number of halogens is 1. The van der Waals surface area contributed by atoms with Crippen LogP contribution >= 0.6 is 39.9 Å². The van der Waals surface area contributed by atoms with Crippen molar-refractivity contribution in [1.29, 1.82) is 0 Å². The van der Waals surface area contributed by atoms with E-state index in [1.54, 1.807) is 13.1 Å². The van der Waals surface area contributed by atoms with Crippen LogP contribution in [0.5, 0.6) is 11.5 Å². The summed E-state index contributed by atoms with van der Waals surface area (Å²) in [6.07, 6.45) is 1.81. The Morgan fingerprint density at radius 3 is 2.43 bits per heavy atom. The fraction of sp³-hybridized carbons (Fsp3) is 0.273. The molecule has 0 spiro atoms. The molecule has 1 heterocycles. The minimum absolute atomic E-state index is 0.104. The summed E-state index contributed by atoms with van der Waals surface area (Å²) in [4.78, 5) is 14.3. The van der Waals surface area contributed by atoms with Gasteiger partial charge >= 0.3 is 0 Å². The first-order valence-electron chi connectivity index (χ1n) is 9.36. The van der Waals surface area contributed by atoms with E-state index in [0.29, 0.717) is 41.4 Å². The van der Waals surface area contributed by atoms with E-state index in [4.69, 9.17) is 26.4 Å². The molecule has 158 valence electrons. The summed E-state index contributed by atoms with van der Waals surface area (Å²) < 4.78 is 18.6. The summed E-state index contributed by atoms with van der Waals surface area (Å²) in [7, 11) is 1.68. The molecule has 3 rings (SSSR count). The number of amides is 1. The smallest absolute Gasteiger partial charge is 0.265 e. The molecule has 2 aromatic carbocycles. The van der Waals surface area contributed by atoms with Crippen LogP contribution in [0.4, 0.5) is 0 Å². The van der Waals surface area contributed by atoms with E-state index in [0.717, 1.165) is 21.3 Å². The molecule has 8 heteroatoms. The largest absolute Gasteiger partial charge is 0.491 e. The molecule has 1 fully saturated rings. The van der Waals surface area contributed by atoms with Gasteiger partial charge in [0.2, 0.25) is 0 Å². The highest BCUT2D eigenvalue weighted by molar-refractivity contribution is 9.10. The summed E-state index contributed by atoms with van der Waals surface area (Å²) in [6.45, 7) is 3.79. The summed E-state index contributed by atoms with van der Waals surface area (Å²) in [5, 5.41) is 0. The zero-order valence-corrected chi connectivity index (χ0v) is 19.9. The van der Waals surface area contributed by atoms with Crippen molar-refractivity contribution in [3.8, 4) is 11.5 Å². The van der Waals surface area contributed by atoms with Gasteiger partial charge in [0.05, 0.1) is 18.1 Å². The Hall–Kier alpha value is -1.87. The first-order chi connectivity index (χ1) is 14.5. The lowest BCUT2D eigenvalue weighted by molar-refractivity contribution is -0.121. The molecule has 2 aromatic rings. The highest BCUT2D eigenvalue weighted by Crippen LogP contribution is 2.34. The average molecular weight is 508 g/mol. The summed E-state index contributed by atoms with van der Waals surface area (Å²) in [6, 6.07) is 13.6. The number of carbonyl (C=O) groups is 1. The van der Waals surface area contributed by atoms with Crippen molar-refractivity contribution in [2.75, 3.05) is 33.5 Å². The lowest BCUT2D eigenvalue weighted by atomic mass is 10.2. The molecule has 0 aromatic heterocycles. The summed E-state index contributed by atoms with van der Waals surface area (Å²) in [5.41, 5.74) is 1.91. The number of para-hydroxylation sites is 1. The van der Waals surface area contributed by atoms with Gasteiger partial charge in [0.25, 0.3) is 5.91 Å². The molecule has 1 amide bonds. The lowest BCUT2D eigenvalue weighted by Crippen LogP contribution is -2.22. The van der Waals surface area contributed by atoms with Crippen LogP contribution in [0.2, 0.25) is 0 Å². The van der Waals surface area contributed by atoms with E-state index in [-0.39, 0.29) is 5.91 Å². The van der Waals surface area contributed by atoms with E-state index in [1.807, 2.05) is 49.4 Å². The molecule has 1 saturated heterocycles. The molecule has 0 atom stereocenters. The van der Waals surface area contributed by atoms with Gasteiger partial charge in [-0.1, -0.05) is 58.1 Å².